The number of alkyl halides is 3. The highest BCUT2D eigenvalue weighted by molar-refractivity contribution is 6.30. The van der Waals surface area contributed by atoms with Gasteiger partial charge in [-0.1, -0.05) is 11.6 Å². The molecule has 2 N–H and O–H groups in total. The molecular formula is C12H8ClF4N3O. The topological polar surface area (TPSA) is 61.0 Å². The summed E-state index contributed by atoms with van der Waals surface area (Å²) in [7, 11) is 0. The third kappa shape index (κ3) is 3.94. The monoisotopic (exact) mass is 321 g/mol. The Balaban J connectivity index is 2.28. The Morgan fingerprint density at radius 2 is 1.90 bits per heavy atom. The first-order valence-electron chi connectivity index (χ1n) is 5.54. The SMILES string of the molecule is Nc1cc(-c2cc(Cl)ccc2F)nnc1OCC(F)(F)F. The summed E-state index contributed by atoms with van der Waals surface area (Å²) in [6.07, 6.45) is -4.52. The number of aromatic nitrogens is 2. The number of hydrogen-bond acceptors (Lipinski definition) is 4. The molecule has 1 heterocycles. The van der Waals surface area contributed by atoms with Crippen molar-refractivity contribution in [2.24, 2.45) is 0 Å². The van der Waals surface area contributed by atoms with Crippen molar-refractivity contribution in [1.29, 1.82) is 0 Å². The van der Waals surface area contributed by atoms with Crippen molar-refractivity contribution in [1.82, 2.24) is 10.2 Å². The summed E-state index contributed by atoms with van der Waals surface area (Å²) in [5.41, 5.74) is 5.40. The van der Waals surface area contributed by atoms with Crippen molar-refractivity contribution in [3.05, 3.63) is 35.1 Å². The molecule has 0 unspecified atom stereocenters. The van der Waals surface area contributed by atoms with Crippen LogP contribution in [0.1, 0.15) is 0 Å². The van der Waals surface area contributed by atoms with E-state index in [1.165, 1.54) is 12.1 Å². The van der Waals surface area contributed by atoms with Gasteiger partial charge in [0.05, 0.1) is 11.4 Å². The predicted molar refractivity (Wildman–Crippen MR) is 68.4 cm³/mol. The average Bonchev–Trinajstić information content (AvgIpc) is 2.39. The molecule has 0 aliphatic heterocycles. The van der Waals surface area contributed by atoms with Crippen LogP contribution in [0.2, 0.25) is 5.02 Å². The minimum Gasteiger partial charge on any atom is -0.465 e. The van der Waals surface area contributed by atoms with E-state index in [0.717, 1.165) is 12.1 Å². The van der Waals surface area contributed by atoms with Gasteiger partial charge in [0.2, 0.25) is 0 Å². The van der Waals surface area contributed by atoms with Gasteiger partial charge in [0, 0.05) is 10.6 Å². The molecule has 0 atom stereocenters. The number of nitrogens with zero attached hydrogens (tertiary/aromatic N) is 2. The number of nitrogens with two attached hydrogens (primary N) is 1. The van der Waals surface area contributed by atoms with Gasteiger partial charge in [0.1, 0.15) is 5.82 Å². The van der Waals surface area contributed by atoms with Crippen LogP contribution < -0.4 is 10.5 Å². The highest BCUT2D eigenvalue weighted by Crippen LogP contribution is 2.28. The van der Waals surface area contributed by atoms with Crippen LogP contribution >= 0.6 is 11.6 Å². The van der Waals surface area contributed by atoms with Gasteiger partial charge in [0.25, 0.3) is 5.88 Å². The van der Waals surface area contributed by atoms with E-state index in [-0.39, 0.29) is 22.0 Å². The van der Waals surface area contributed by atoms with E-state index >= 15 is 0 Å². The second-order valence-electron chi connectivity index (χ2n) is 4.02. The first kappa shape index (κ1) is 15.3. The number of anilines is 1. The Labute approximate surface area is 121 Å². The molecule has 0 spiro atoms. The summed E-state index contributed by atoms with van der Waals surface area (Å²) >= 11 is 5.74. The zero-order chi connectivity index (χ0) is 15.6. The molecule has 0 fully saturated rings. The molecule has 0 radical (unpaired) electrons. The highest BCUT2D eigenvalue weighted by Gasteiger charge is 2.29. The lowest BCUT2D eigenvalue weighted by atomic mass is 10.1. The molecule has 1 aromatic heterocycles. The third-order valence-corrected chi connectivity index (χ3v) is 2.60. The number of hydrogen-bond donors (Lipinski definition) is 1. The second-order valence-corrected chi connectivity index (χ2v) is 4.45. The summed E-state index contributed by atoms with van der Waals surface area (Å²) in [6.45, 7) is -1.54. The van der Waals surface area contributed by atoms with Crippen LogP contribution in [0.15, 0.2) is 24.3 Å². The second kappa shape index (κ2) is 5.72. The lowest BCUT2D eigenvalue weighted by Gasteiger charge is -2.10. The van der Waals surface area contributed by atoms with Crippen LogP contribution in [-0.2, 0) is 0 Å². The van der Waals surface area contributed by atoms with Gasteiger partial charge >= 0.3 is 6.18 Å². The number of rotatable bonds is 3. The summed E-state index contributed by atoms with van der Waals surface area (Å²) in [5.74, 6) is -1.09. The summed E-state index contributed by atoms with van der Waals surface area (Å²) in [6, 6.07) is 4.94. The number of ether oxygens (including phenoxy) is 1. The van der Waals surface area contributed by atoms with Crippen LogP contribution in [0.4, 0.5) is 23.2 Å². The summed E-state index contributed by atoms with van der Waals surface area (Å²) in [4.78, 5) is 0. The van der Waals surface area contributed by atoms with Gasteiger partial charge in [-0.05, 0) is 24.3 Å². The van der Waals surface area contributed by atoms with Gasteiger partial charge in [-0.3, -0.25) is 0 Å². The Morgan fingerprint density at radius 3 is 2.52 bits per heavy atom. The van der Waals surface area contributed by atoms with Gasteiger partial charge in [-0.2, -0.15) is 13.2 Å². The van der Waals surface area contributed by atoms with Gasteiger partial charge in [-0.25, -0.2) is 4.39 Å². The standard InChI is InChI=1S/C12H8ClF4N3O/c13-6-1-2-8(14)7(3-6)10-4-9(18)11(20-19-10)21-5-12(15,16)17/h1-4H,5H2,(H2,18,19). The quantitative estimate of drug-likeness (QED) is 0.879. The van der Waals surface area contributed by atoms with Crippen molar-refractivity contribution in [3.8, 4) is 17.1 Å². The molecule has 2 rings (SSSR count). The molecule has 4 nitrogen and oxygen atoms in total. The zero-order valence-corrected chi connectivity index (χ0v) is 11.0. The minimum absolute atomic E-state index is 0.0315. The van der Waals surface area contributed by atoms with Crippen molar-refractivity contribution in [2.45, 2.75) is 6.18 Å². The van der Waals surface area contributed by atoms with Crippen LogP contribution in [0.25, 0.3) is 11.3 Å². The Hall–Kier alpha value is -2.09. The van der Waals surface area contributed by atoms with Gasteiger partial charge in [0.15, 0.2) is 6.61 Å². The van der Waals surface area contributed by atoms with E-state index in [1.807, 2.05) is 0 Å². The van der Waals surface area contributed by atoms with E-state index in [4.69, 9.17) is 17.3 Å². The van der Waals surface area contributed by atoms with Crippen molar-refractivity contribution < 1.29 is 22.3 Å². The largest absolute Gasteiger partial charge is 0.465 e. The highest BCUT2D eigenvalue weighted by atomic mass is 35.5. The van der Waals surface area contributed by atoms with Gasteiger partial charge in [-0.15, -0.1) is 10.2 Å². The molecule has 0 bridgehead atoms. The molecule has 1 aromatic carbocycles. The maximum Gasteiger partial charge on any atom is 0.422 e. The maximum atomic E-state index is 13.6. The van der Waals surface area contributed by atoms with Crippen LogP contribution in [0.3, 0.4) is 0 Å². The normalized spacial score (nSPS) is 11.5. The van der Waals surface area contributed by atoms with Crippen LogP contribution in [0, 0.1) is 5.82 Å². The van der Waals surface area contributed by atoms with Crippen molar-refractivity contribution in [2.75, 3.05) is 12.3 Å². The summed E-state index contributed by atoms with van der Waals surface area (Å²) < 4.78 is 54.2. The lowest BCUT2D eigenvalue weighted by molar-refractivity contribution is -0.154. The molecule has 0 saturated heterocycles. The fourth-order valence-electron chi connectivity index (χ4n) is 1.48. The first-order chi connectivity index (χ1) is 9.76. The Kier molecular flexibility index (Phi) is 4.17. The molecule has 0 aliphatic carbocycles. The molecule has 112 valence electrons. The Morgan fingerprint density at radius 1 is 1.19 bits per heavy atom. The Bertz CT molecular complexity index is 663. The third-order valence-electron chi connectivity index (χ3n) is 2.36. The lowest BCUT2D eigenvalue weighted by Crippen LogP contribution is -2.20. The average molecular weight is 322 g/mol. The maximum absolute atomic E-state index is 13.6. The van der Waals surface area contributed by atoms with E-state index in [2.05, 4.69) is 14.9 Å². The van der Waals surface area contributed by atoms with Crippen molar-refractivity contribution in [3.63, 3.8) is 0 Å². The molecule has 2 aromatic rings. The molecule has 0 saturated carbocycles. The molecule has 0 amide bonds. The molecule has 9 heteroatoms. The number of nitrogen functional groups attached to an aromatic ring is 1. The first-order valence-corrected chi connectivity index (χ1v) is 5.92. The number of halogens is 5. The van der Waals surface area contributed by atoms with E-state index in [1.54, 1.807) is 0 Å². The van der Waals surface area contributed by atoms with Crippen LogP contribution in [-0.4, -0.2) is 23.0 Å². The molecule has 21 heavy (non-hydrogen) atoms. The molecule has 0 aliphatic rings. The van der Waals surface area contributed by atoms with E-state index in [9.17, 15) is 17.6 Å². The molecular weight excluding hydrogens is 314 g/mol. The van der Waals surface area contributed by atoms with E-state index in [0.29, 0.717) is 0 Å². The van der Waals surface area contributed by atoms with E-state index < -0.39 is 24.5 Å². The van der Waals surface area contributed by atoms with Gasteiger partial charge < -0.3 is 10.5 Å². The smallest absolute Gasteiger partial charge is 0.422 e. The fraction of sp³-hybridized carbons (Fsp3) is 0.167. The zero-order valence-electron chi connectivity index (χ0n) is 10.3. The van der Waals surface area contributed by atoms with Crippen molar-refractivity contribution >= 4 is 17.3 Å². The summed E-state index contributed by atoms with van der Waals surface area (Å²) in [5, 5.41) is 7.28. The van der Waals surface area contributed by atoms with Crippen LogP contribution in [0.5, 0.6) is 5.88 Å². The number of benzene rings is 1. The fourth-order valence-corrected chi connectivity index (χ4v) is 1.65. The predicted octanol–water partition coefficient (Wildman–Crippen LogP) is 3.46. The minimum atomic E-state index is -4.52.